The molecule has 1 aliphatic heterocycles. The minimum absolute atomic E-state index is 0.265. The van der Waals surface area contributed by atoms with E-state index < -0.39 is 0 Å². The molecule has 128 valence electrons. The number of carbonyl (C=O) groups excluding carboxylic acids is 1. The molecule has 0 spiro atoms. The number of hydrogen-bond acceptors (Lipinski definition) is 3. The number of amides is 1. The van der Waals surface area contributed by atoms with Crippen molar-refractivity contribution in [1.29, 1.82) is 0 Å². The third-order valence-electron chi connectivity index (χ3n) is 4.11. The molecular weight excluding hydrogens is 335 g/mol. The second-order valence-corrected chi connectivity index (χ2v) is 6.82. The molecule has 0 aliphatic carbocycles. The van der Waals surface area contributed by atoms with Gasteiger partial charge in [0.25, 0.3) is 0 Å². The van der Waals surface area contributed by atoms with E-state index in [2.05, 4.69) is 5.32 Å². The van der Waals surface area contributed by atoms with Gasteiger partial charge in [-0.15, -0.1) is 0 Å². The van der Waals surface area contributed by atoms with Gasteiger partial charge < -0.3 is 15.0 Å². The molecule has 0 unspecified atom stereocenters. The quantitative estimate of drug-likeness (QED) is 0.757. The third kappa shape index (κ3) is 6.21. The second-order valence-electron chi connectivity index (χ2n) is 5.95. The molecule has 1 N–H and O–H groups in total. The van der Waals surface area contributed by atoms with Crippen molar-refractivity contribution in [2.45, 2.75) is 25.7 Å². The zero-order chi connectivity index (χ0) is 16.7. The maximum atomic E-state index is 12.1. The summed E-state index contributed by atoms with van der Waals surface area (Å²) < 4.78 is 5.80. The number of hydrogen-bond donors (Lipinski definition) is 1. The van der Waals surface area contributed by atoms with Gasteiger partial charge >= 0.3 is 0 Å². The lowest BCUT2D eigenvalue weighted by atomic mass is 9.97. The number of nitrogens with zero attached hydrogens (tertiary/aromatic N) is 1. The highest BCUT2D eigenvalue weighted by Crippen LogP contribution is 2.26. The smallest absolute Gasteiger partial charge is 0.222 e. The fourth-order valence-electron chi connectivity index (χ4n) is 2.75. The summed E-state index contributed by atoms with van der Waals surface area (Å²) in [6.45, 7) is 3.17. The Morgan fingerprint density at radius 2 is 1.91 bits per heavy atom. The molecular formula is C17H24Cl2N2O2. The lowest BCUT2D eigenvalue weighted by Gasteiger charge is -2.32. The van der Waals surface area contributed by atoms with Crippen molar-refractivity contribution in [3.8, 4) is 5.75 Å². The van der Waals surface area contributed by atoms with Crippen molar-refractivity contribution in [3.05, 3.63) is 28.2 Å². The number of likely N-dealkylation sites (tertiary alicyclic amines) is 1. The topological polar surface area (TPSA) is 41.6 Å². The number of halogens is 2. The van der Waals surface area contributed by atoms with Gasteiger partial charge in [-0.1, -0.05) is 23.2 Å². The molecule has 1 aliphatic rings. The normalized spacial score (nSPS) is 15.7. The van der Waals surface area contributed by atoms with E-state index in [9.17, 15) is 4.79 Å². The van der Waals surface area contributed by atoms with Crippen LogP contribution in [0.3, 0.4) is 0 Å². The van der Waals surface area contributed by atoms with Crippen molar-refractivity contribution in [1.82, 2.24) is 10.2 Å². The van der Waals surface area contributed by atoms with Gasteiger partial charge in [0, 0.05) is 29.6 Å². The molecule has 1 aromatic carbocycles. The van der Waals surface area contributed by atoms with E-state index in [1.807, 2.05) is 11.9 Å². The highest BCUT2D eigenvalue weighted by Gasteiger charge is 2.22. The molecule has 0 aromatic heterocycles. The number of benzene rings is 1. The summed E-state index contributed by atoms with van der Waals surface area (Å²) in [7, 11) is 1.91. The summed E-state index contributed by atoms with van der Waals surface area (Å²) in [5.74, 6) is 1.43. The molecule has 0 atom stereocenters. The summed E-state index contributed by atoms with van der Waals surface area (Å²) in [4.78, 5) is 14.0. The van der Waals surface area contributed by atoms with Crippen LogP contribution in [0, 0.1) is 5.92 Å². The Morgan fingerprint density at radius 1 is 1.26 bits per heavy atom. The first-order chi connectivity index (χ1) is 11.1. The van der Waals surface area contributed by atoms with Crippen molar-refractivity contribution >= 4 is 29.1 Å². The molecule has 2 rings (SSSR count). The van der Waals surface area contributed by atoms with E-state index in [0.717, 1.165) is 38.9 Å². The lowest BCUT2D eigenvalue weighted by Crippen LogP contribution is -2.39. The maximum absolute atomic E-state index is 12.1. The molecule has 0 saturated carbocycles. The average Bonchev–Trinajstić information content (AvgIpc) is 2.53. The minimum Gasteiger partial charge on any atom is -0.493 e. The Balaban J connectivity index is 1.71. The van der Waals surface area contributed by atoms with Crippen molar-refractivity contribution < 1.29 is 9.53 Å². The predicted octanol–water partition coefficient (Wildman–Crippen LogP) is 3.61. The van der Waals surface area contributed by atoms with Gasteiger partial charge in [-0.3, -0.25) is 4.79 Å². The van der Waals surface area contributed by atoms with Crippen LogP contribution in [0.1, 0.15) is 25.7 Å². The largest absolute Gasteiger partial charge is 0.493 e. The van der Waals surface area contributed by atoms with Gasteiger partial charge in [0.05, 0.1) is 6.61 Å². The maximum Gasteiger partial charge on any atom is 0.222 e. The van der Waals surface area contributed by atoms with E-state index >= 15 is 0 Å². The molecule has 23 heavy (non-hydrogen) atoms. The van der Waals surface area contributed by atoms with E-state index in [4.69, 9.17) is 27.9 Å². The standard InChI is InChI=1S/C17H24Cl2N2O2/c1-20-6-2-3-17(22)21-7-4-13(5-8-21)12-23-16-10-14(18)9-15(19)11-16/h9-11,13,20H,2-8,12H2,1H3. The van der Waals surface area contributed by atoms with Crippen molar-refractivity contribution in [2.75, 3.05) is 33.3 Å². The van der Waals surface area contributed by atoms with Crippen LogP contribution in [-0.4, -0.2) is 44.1 Å². The van der Waals surface area contributed by atoms with Crippen molar-refractivity contribution in [3.63, 3.8) is 0 Å². The van der Waals surface area contributed by atoms with Crippen molar-refractivity contribution in [2.24, 2.45) is 5.92 Å². The van der Waals surface area contributed by atoms with E-state index in [1.54, 1.807) is 18.2 Å². The highest BCUT2D eigenvalue weighted by molar-refractivity contribution is 6.34. The minimum atomic E-state index is 0.265. The first-order valence-electron chi connectivity index (χ1n) is 8.09. The molecule has 1 heterocycles. The Morgan fingerprint density at radius 3 is 2.52 bits per heavy atom. The second kappa shape index (κ2) is 9.36. The van der Waals surface area contributed by atoms with Crippen LogP contribution < -0.4 is 10.1 Å². The SMILES string of the molecule is CNCCCC(=O)N1CCC(COc2cc(Cl)cc(Cl)c2)CC1. The molecule has 0 bridgehead atoms. The van der Waals surface area contributed by atoms with Gasteiger partial charge in [0.2, 0.25) is 5.91 Å². The van der Waals surface area contributed by atoms with Crippen LogP contribution in [0.25, 0.3) is 0 Å². The average molecular weight is 359 g/mol. The molecule has 0 radical (unpaired) electrons. The third-order valence-corrected chi connectivity index (χ3v) is 4.54. The van der Waals surface area contributed by atoms with E-state index in [-0.39, 0.29) is 5.91 Å². The Labute approximate surface area is 148 Å². The summed E-state index contributed by atoms with van der Waals surface area (Å²) in [6, 6.07) is 5.23. The molecule has 6 heteroatoms. The van der Waals surface area contributed by atoms with E-state index in [1.165, 1.54) is 0 Å². The first kappa shape index (κ1) is 18.4. The van der Waals surface area contributed by atoms with Gasteiger partial charge in [0.15, 0.2) is 0 Å². The monoisotopic (exact) mass is 358 g/mol. The summed E-state index contributed by atoms with van der Waals surface area (Å²) in [5, 5.41) is 4.22. The zero-order valence-corrected chi connectivity index (χ0v) is 15.0. The molecule has 1 fully saturated rings. The summed E-state index contributed by atoms with van der Waals surface area (Å²) >= 11 is 11.9. The van der Waals surface area contributed by atoms with Crippen LogP contribution in [0.2, 0.25) is 10.0 Å². The first-order valence-corrected chi connectivity index (χ1v) is 8.85. The molecule has 4 nitrogen and oxygen atoms in total. The Kier molecular flexibility index (Phi) is 7.47. The van der Waals surface area contributed by atoms with Gasteiger partial charge in [-0.05, 0) is 57.0 Å². The fourth-order valence-corrected chi connectivity index (χ4v) is 3.26. The number of rotatable bonds is 7. The Hall–Kier alpha value is -0.970. The van der Waals surface area contributed by atoms with Crippen LogP contribution in [0.5, 0.6) is 5.75 Å². The van der Waals surface area contributed by atoms with Crippen LogP contribution in [0.15, 0.2) is 18.2 Å². The van der Waals surface area contributed by atoms with Crippen LogP contribution in [-0.2, 0) is 4.79 Å². The summed E-state index contributed by atoms with van der Waals surface area (Å²) in [6.07, 6.45) is 3.48. The molecule has 1 amide bonds. The van der Waals surface area contributed by atoms with Crippen LogP contribution >= 0.6 is 23.2 Å². The lowest BCUT2D eigenvalue weighted by molar-refractivity contribution is -0.132. The predicted molar refractivity (Wildman–Crippen MR) is 94.4 cm³/mol. The van der Waals surface area contributed by atoms with E-state index in [0.29, 0.717) is 34.7 Å². The molecule has 1 saturated heterocycles. The Bertz CT molecular complexity index is 497. The number of piperidine rings is 1. The highest BCUT2D eigenvalue weighted by atomic mass is 35.5. The van der Waals surface area contributed by atoms with Crippen LogP contribution in [0.4, 0.5) is 0 Å². The van der Waals surface area contributed by atoms with Gasteiger partial charge in [-0.2, -0.15) is 0 Å². The fraction of sp³-hybridized carbons (Fsp3) is 0.588. The van der Waals surface area contributed by atoms with Gasteiger partial charge in [-0.25, -0.2) is 0 Å². The molecule has 1 aromatic rings. The number of nitrogens with one attached hydrogen (secondary N) is 1. The number of carbonyl (C=O) groups is 1. The number of ether oxygens (including phenoxy) is 1. The van der Waals surface area contributed by atoms with Gasteiger partial charge in [0.1, 0.15) is 5.75 Å². The zero-order valence-electron chi connectivity index (χ0n) is 13.5. The summed E-state index contributed by atoms with van der Waals surface area (Å²) in [5.41, 5.74) is 0.